The van der Waals surface area contributed by atoms with Crippen LogP contribution in [0.2, 0.25) is 0 Å². The fourth-order valence-electron chi connectivity index (χ4n) is 2.83. The van der Waals surface area contributed by atoms with Crippen LogP contribution in [0.3, 0.4) is 0 Å². The standard InChI is InChI=1S/C19H24N4O4S/c1-12-17(13(2)26-21-12)28(24,25)23(6)11-16-20-18(22-27-16)14-7-9-15(10-8-14)19(3,4)5/h7-10H,11H2,1-6H3. The van der Waals surface area contributed by atoms with E-state index in [0.29, 0.717) is 11.5 Å². The van der Waals surface area contributed by atoms with Gasteiger partial charge in [0.15, 0.2) is 5.76 Å². The fraction of sp³-hybridized carbons (Fsp3) is 0.421. The Labute approximate surface area is 164 Å². The summed E-state index contributed by atoms with van der Waals surface area (Å²) in [5.74, 6) is 0.862. The summed E-state index contributed by atoms with van der Waals surface area (Å²) in [5, 5.41) is 7.68. The van der Waals surface area contributed by atoms with E-state index >= 15 is 0 Å². The van der Waals surface area contributed by atoms with E-state index < -0.39 is 10.0 Å². The Kier molecular flexibility index (Phi) is 5.16. The Morgan fingerprint density at radius 3 is 2.21 bits per heavy atom. The van der Waals surface area contributed by atoms with Gasteiger partial charge in [-0.1, -0.05) is 55.4 Å². The topological polar surface area (TPSA) is 102 Å². The number of sulfonamides is 1. The summed E-state index contributed by atoms with van der Waals surface area (Å²) >= 11 is 0. The molecule has 0 saturated heterocycles. The van der Waals surface area contributed by atoms with Gasteiger partial charge >= 0.3 is 0 Å². The lowest BCUT2D eigenvalue weighted by Crippen LogP contribution is -2.27. The zero-order valence-corrected chi connectivity index (χ0v) is 17.7. The van der Waals surface area contributed by atoms with E-state index in [1.165, 1.54) is 12.6 Å². The molecule has 3 rings (SSSR count). The minimum atomic E-state index is -3.78. The van der Waals surface area contributed by atoms with Gasteiger partial charge in [0.2, 0.25) is 21.7 Å². The third-order valence-corrected chi connectivity index (χ3v) is 6.52. The molecular weight excluding hydrogens is 380 g/mol. The number of hydrogen-bond donors (Lipinski definition) is 0. The Morgan fingerprint density at radius 2 is 1.68 bits per heavy atom. The van der Waals surface area contributed by atoms with E-state index in [1.54, 1.807) is 13.8 Å². The molecule has 3 aromatic rings. The summed E-state index contributed by atoms with van der Waals surface area (Å²) < 4.78 is 36.9. The highest BCUT2D eigenvalue weighted by atomic mass is 32.2. The van der Waals surface area contributed by atoms with Crippen LogP contribution in [0, 0.1) is 13.8 Å². The maximum atomic E-state index is 12.8. The predicted octanol–water partition coefficient (Wildman–Crippen LogP) is 3.46. The van der Waals surface area contributed by atoms with Crippen molar-refractivity contribution in [1.82, 2.24) is 19.6 Å². The first kappa shape index (κ1) is 20.2. The molecule has 0 aliphatic heterocycles. The molecule has 0 atom stereocenters. The molecule has 150 valence electrons. The lowest BCUT2D eigenvalue weighted by Gasteiger charge is -2.18. The van der Waals surface area contributed by atoms with Gasteiger partial charge in [-0.25, -0.2) is 8.42 Å². The van der Waals surface area contributed by atoms with Crippen LogP contribution in [0.25, 0.3) is 11.4 Å². The molecule has 0 unspecified atom stereocenters. The SMILES string of the molecule is Cc1noc(C)c1S(=O)(=O)N(C)Cc1nc(-c2ccc(C(C)(C)C)cc2)no1. The molecule has 1 aromatic carbocycles. The second-order valence-electron chi connectivity index (χ2n) is 7.75. The number of hydrogen-bond acceptors (Lipinski definition) is 7. The predicted molar refractivity (Wildman–Crippen MR) is 103 cm³/mol. The summed E-state index contributed by atoms with van der Waals surface area (Å²) in [4.78, 5) is 4.39. The third kappa shape index (κ3) is 3.85. The van der Waals surface area contributed by atoms with Gasteiger partial charge in [0.05, 0.1) is 6.54 Å². The van der Waals surface area contributed by atoms with Gasteiger partial charge in [0.25, 0.3) is 0 Å². The quantitative estimate of drug-likeness (QED) is 0.641. The van der Waals surface area contributed by atoms with Gasteiger partial charge in [-0.15, -0.1) is 0 Å². The first-order valence-corrected chi connectivity index (χ1v) is 10.3. The molecule has 0 aliphatic carbocycles. The van der Waals surface area contributed by atoms with Crippen molar-refractivity contribution in [2.24, 2.45) is 0 Å². The van der Waals surface area contributed by atoms with Gasteiger partial charge in [-0.2, -0.15) is 9.29 Å². The summed E-state index contributed by atoms with van der Waals surface area (Å²) in [6, 6.07) is 7.91. The van der Waals surface area contributed by atoms with Gasteiger partial charge in [0, 0.05) is 12.6 Å². The molecule has 2 aromatic heterocycles. The van der Waals surface area contributed by atoms with Crippen LogP contribution in [-0.2, 0) is 22.0 Å². The van der Waals surface area contributed by atoms with E-state index in [2.05, 4.69) is 36.1 Å². The second-order valence-corrected chi connectivity index (χ2v) is 9.74. The highest BCUT2D eigenvalue weighted by molar-refractivity contribution is 7.89. The maximum Gasteiger partial charge on any atom is 0.248 e. The Hall–Kier alpha value is -2.52. The van der Waals surface area contributed by atoms with Crippen LogP contribution >= 0.6 is 0 Å². The molecule has 0 radical (unpaired) electrons. The van der Waals surface area contributed by atoms with Crippen LogP contribution in [0.5, 0.6) is 0 Å². The summed E-state index contributed by atoms with van der Waals surface area (Å²) in [7, 11) is -2.34. The minimum Gasteiger partial charge on any atom is -0.360 e. The van der Waals surface area contributed by atoms with E-state index in [-0.39, 0.29) is 28.5 Å². The molecule has 2 heterocycles. The van der Waals surface area contributed by atoms with Crippen LogP contribution in [0.15, 0.2) is 38.2 Å². The molecule has 0 amide bonds. The zero-order valence-electron chi connectivity index (χ0n) is 16.8. The van der Waals surface area contributed by atoms with E-state index in [9.17, 15) is 8.42 Å². The lowest BCUT2D eigenvalue weighted by atomic mass is 9.87. The second kappa shape index (κ2) is 7.14. The lowest BCUT2D eigenvalue weighted by molar-refractivity contribution is 0.336. The summed E-state index contributed by atoms with van der Waals surface area (Å²) in [6.45, 7) is 9.52. The van der Waals surface area contributed by atoms with Crippen molar-refractivity contribution < 1.29 is 17.5 Å². The van der Waals surface area contributed by atoms with E-state index in [1.807, 2.05) is 24.3 Å². The molecule has 0 spiro atoms. The number of rotatable bonds is 5. The van der Waals surface area contributed by atoms with Crippen molar-refractivity contribution in [2.75, 3.05) is 7.05 Å². The normalized spacial score (nSPS) is 12.7. The van der Waals surface area contributed by atoms with Crippen LogP contribution < -0.4 is 0 Å². The molecule has 0 N–H and O–H groups in total. The zero-order chi connectivity index (χ0) is 20.7. The molecule has 0 fully saturated rings. The smallest absolute Gasteiger partial charge is 0.248 e. The van der Waals surface area contributed by atoms with Gasteiger partial charge < -0.3 is 9.05 Å². The molecule has 28 heavy (non-hydrogen) atoms. The molecule has 0 saturated carbocycles. The number of aryl methyl sites for hydroxylation is 2. The van der Waals surface area contributed by atoms with Crippen molar-refractivity contribution in [3.8, 4) is 11.4 Å². The first-order chi connectivity index (χ1) is 13.0. The van der Waals surface area contributed by atoms with Crippen LogP contribution in [0.1, 0.15) is 43.7 Å². The minimum absolute atomic E-state index is 0.0518. The number of aromatic nitrogens is 3. The molecule has 9 heteroatoms. The highest BCUT2D eigenvalue weighted by Crippen LogP contribution is 2.26. The average molecular weight is 404 g/mol. The molecule has 0 aliphatic rings. The summed E-state index contributed by atoms with van der Waals surface area (Å²) in [6.07, 6.45) is 0. The van der Waals surface area contributed by atoms with Crippen molar-refractivity contribution in [2.45, 2.75) is 51.5 Å². The fourth-order valence-corrected chi connectivity index (χ4v) is 4.23. The van der Waals surface area contributed by atoms with E-state index in [4.69, 9.17) is 9.05 Å². The Balaban J connectivity index is 1.79. The number of benzene rings is 1. The summed E-state index contributed by atoms with van der Waals surface area (Å²) in [5.41, 5.74) is 2.37. The van der Waals surface area contributed by atoms with Crippen LogP contribution in [-0.4, -0.2) is 35.1 Å². The largest absolute Gasteiger partial charge is 0.360 e. The Bertz CT molecular complexity index is 1060. The van der Waals surface area contributed by atoms with Crippen molar-refractivity contribution >= 4 is 10.0 Å². The molecule has 0 bridgehead atoms. The average Bonchev–Trinajstić information content (AvgIpc) is 3.21. The van der Waals surface area contributed by atoms with Crippen LogP contribution in [0.4, 0.5) is 0 Å². The van der Waals surface area contributed by atoms with Gasteiger partial charge in [-0.3, -0.25) is 0 Å². The van der Waals surface area contributed by atoms with Crippen molar-refractivity contribution in [1.29, 1.82) is 0 Å². The highest BCUT2D eigenvalue weighted by Gasteiger charge is 2.29. The molecule has 8 nitrogen and oxygen atoms in total. The monoisotopic (exact) mass is 404 g/mol. The van der Waals surface area contributed by atoms with Gasteiger partial charge in [0.1, 0.15) is 10.6 Å². The van der Waals surface area contributed by atoms with Crippen molar-refractivity contribution in [3.63, 3.8) is 0 Å². The van der Waals surface area contributed by atoms with E-state index in [0.717, 1.165) is 9.87 Å². The van der Waals surface area contributed by atoms with Crippen molar-refractivity contribution in [3.05, 3.63) is 47.2 Å². The third-order valence-electron chi connectivity index (χ3n) is 4.47. The maximum absolute atomic E-state index is 12.8. The number of nitrogens with zero attached hydrogens (tertiary/aromatic N) is 4. The first-order valence-electron chi connectivity index (χ1n) is 8.83. The van der Waals surface area contributed by atoms with Gasteiger partial charge in [-0.05, 0) is 24.8 Å². The Morgan fingerprint density at radius 1 is 1.04 bits per heavy atom. The molecular formula is C19H24N4O4S.